The zero-order valence-electron chi connectivity index (χ0n) is 28.6. The summed E-state index contributed by atoms with van der Waals surface area (Å²) in [5.74, 6) is 0. The van der Waals surface area contributed by atoms with Gasteiger partial charge in [-0.2, -0.15) is 0 Å². The summed E-state index contributed by atoms with van der Waals surface area (Å²) in [6.45, 7) is 3.87. The van der Waals surface area contributed by atoms with Gasteiger partial charge in [0.15, 0.2) is 0 Å². The van der Waals surface area contributed by atoms with Crippen LogP contribution in [0.2, 0.25) is 0 Å². The van der Waals surface area contributed by atoms with Crippen LogP contribution in [0, 0.1) is 0 Å². The van der Waals surface area contributed by atoms with Crippen LogP contribution in [-0.4, -0.2) is 9.13 Å². The number of rotatable bonds is 2. The van der Waals surface area contributed by atoms with E-state index in [4.69, 9.17) is 0 Å². The Morgan fingerprint density at radius 1 is 0.463 bits per heavy atom. The highest BCUT2D eigenvalue weighted by Gasteiger charge is 2.36. The van der Waals surface area contributed by atoms with Gasteiger partial charge in [0.05, 0.1) is 30.3 Å². The summed E-state index contributed by atoms with van der Waals surface area (Å²) in [4.78, 5) is 0. The molecule has 9 rings (SSSR count). The summed E-state index contributed by atoms with van der Waals surface area (Å²) in [5.41, 5.74) is 4.64. The van der Waals surface area contributed by atoms with Crippen LogP contribution in [0.4, 0.5) is 0 Å². The average Bonchev–Trinajstić information content (AvgIpc) is 3.67. The van der Waals surface area contributed by atoms with Gasteiger partial charge >= 0.3 is 0 Å². The third-order valence-corrected chi connectivity index (χ3v) is 8.71. The van der Waals surface area contributed by atoms with Gasteiger partial charge in [0.2, 0.25) is 0 Å². The molecule has 1 aliphatic rings. The van der Waals surface area contributed by atoms with Crippen molar-refractivity contribution >= 4 is 43.6 Å². The van der Waals surface area contributed by atoms with Gasteiger partial charge in [-0.15, -0.1) is 0 Å². The zero-order chi connectivity index (χ0) is 32.5. The molecular formula is C39H28N2. The lowest BCUT2D eigenvalue weighted by Gasteiger charge is -2.23. The van der Waals surface area contributed by atoms with Crippen LogP contribution in [0.5, 0.6) is 0 Å². The minimum Gasteiger partial charge on any atom is -0.309 e. The highest BCUT2D eigenvalue weighted by molar-refractivity contribution is 6.10. The van der Waals surface area contributed by atoms with Crippen LogP contribution in [0.25, 0.3) is 66.1 Å². The molecule has 2 nitrogen and oxygen atoms in total. The van der Waals surface area contributed by atoms with Crippen molar-refractivity contribution in [2.75, 3.05) is 0 Å². The van der Waals surface area contributed by atoms with Gasteiger partial charge in [0.25, 0.3) is 0 Å². The summed E-state index contributed by atoms with van der Waals surface area (Å²) in [6, 6.07) is 31.4. The van der Waals surface area contributed by atoms with Crippen LogP contribution in [0.1, 0.15) is 33.2 Å². The number of para-hydroxylation sites is 4. The SMILES string of the molecule is [2H]c1c([2H])c(-n2c3ccccc3c3ccccc32)c([2H])c2c1-c1c([2H])c([2H])c(-n3c4ccccc4c4ccccc43)c([2H])c1C2(C)C. The van der Waals surface area contributed by atoms with Gasteiger partial charge in [-0.25, -0.2) is 0 Å². The molecule has 0 bridgehead atoms. The van der Waals surface area contributed by atoms with E-state index in [2.05, 4.69) is 0 Å². The van der Waals surface area contributed by atoms with Crippen molar-refractivity contribution in [3.8, 4) is 22.5 Å². The van der Waals surface area contributed by atoms with E-state index in [-0.39, 0.29) is 36.3 Å². The van der Waals surface area contributed by atoms with Crippen molar-refractivity contribution in [1.29, 1.82) is 0 Å². The molecule has 0 N–H and O–H groups in total. The highest BCUT2D eigenvalue weighted by atomic mass is 15.0. The van der Waals surface area contributed by atoms with Gasteiger partial charge in [-0.3, -0.25) is 0 Å². The Hall–Kier alpha value is -5.08. The van der Waals surface area contributed by atoms with E-state index < -0.39 is 5.41 Å². The molecule has 0 unspecified atom stereocenters. The van der Waals surface area contributed by atoms with Gasteiger partial charge in [0, 0.05) is 38.3 Å². The average molecular weight is 531 g/mol. The standard InChI is InChI=1S/C39H28N2/c1-39(2)33-23-25(40-35-15-7-3-11-29(35)30-12-4-8-16-36(30)40)19-21-27(33)28-22-20-26(24-34(28)39)41-37-17-9-5-13-31(37)32-14-6-10-18-38(32)41/h3-24H,1-2H3/i19D,20D,21D,22D,23D,24D. The van der Waals surface area contributed by atoms with E-state index in [0.29, 0.717) is 33.6 Å². The first-order valence-corrected chi connectivity index (χ1v) is 13.9. The maximum Gasteiger partial charge on any atom is 0.0648 e. The predicted octanol–water partition coefficient (Wildman–Crippen LogP) is 10.2. The second kappa shape index (κ2) is 7.99. The Labute approximate surface area is 247 Å². The number of benzene rings is 6. The molecule has 8 aromatic rings. The number of aromatic nitrogens is 2. The van der Waals surface area contributed by atoms with E-state index in [1.54, 1.807) is 0 Å². The molecule has 0 atom stereocenters. The van der Waals surface area contributed by atoms with E-state index in [1.165, 1.54) is 0 Å². The Morgan fingerprint density at radius 3 is 1.12 bits per heavy atom. The number of hydrogen-bond acceptors (Lipinski definition) is 0. The predicted molar refractivity (Wildman–Crippen MR) is 173 cm³/mol. The van der Waals surface area contributed by atoms with Gasteiger partial charge in [-0.05, 0) is 70.7 Å². The van der Waals surface area contributed by atoms with Crippen molar-refractivity contribution in [2.45, 2.75) is 19.3 Å². The van der Waals surface area contributed by atoms with Gasteiger partial charge in [0.1, 0.15) is 0 Å². The molecule has 6 aromatic carbocycles. The quantitative estimate of drug-likeness (QED) is 0.210. The first-order valence-electron chi connectivity index (χ1n) is 16.9. The Bertz CT molecular complexity index is 2390. The molecule has 0 aliphatic heterocycles. The summed E-state index contributed by atoms with van der Waals surface area (Å²) in [5, 5.41) is 3.97. The first kappa shape index (κ1) is 17.6. The molecule has 194 valence electrons. The monoisotopic (exact) mass is 530 g/mol. The lowest BCUT2D eigenvalue weighted by molar-refractivity contribution is 0.659. The van der Waals surface area contributed by atoms with E-state index in [0.717, 1.165) is 43.6 Å². The molecule has 41 heavy (non-hydrogen) atoms. The Kier molecular flexibility index (Phi) is 3.42. The van der Waals surface area contributed by atoms with Crippen molar-refractivity contribution in [2.24, 2.45) is 0 Å². The van der Waals surface area contributed by atoms with E-state index in [9.17, 15) is 8.22 Å². The molecule has 2 aromatic heterocycles. The molecule has 0 saturated heterocycles. The summed E-state index contributed by atoms with van der Waals surface area (Å²) in [7, 11) is 0. The lowest BCUT2D eigenvalue weighted by Crippen LogP contribution is -2.16. The third kappa shape index (κ3) is 2.97. The van der Waals surface area contributed by atoms with Crippen LogP contribution in [-0.2, 0) is 5.41 Å². The maximum absolute atomic E-state index is 9.73. The molecule has 0 radical (unpaired) electrons. The topological polar surface area (TPSA) is 9.86 Å². The van der Waals surface area contributed by atoms with Crippen LogP contribution in [0.15, 0.2) is 133 Å². The van der Waals surface area contributed by atoms with Crippen LogP contribution >= 0.6 is 0 Å². The van der Waals surface area contributed by atoms with E-state index >= 15 is 0 Å². The molecule has 0 amide bonds. The first-order chi connectivity index (χ1) is 22.6. The fourth-order valence-electron chi connectivity index (χ4n) is 6.78. The Morgan fingerprint density at radius 2 is 0.780 bits per heavy atom. The Balaban J connectivity index is 1.39. The fourth-order valence-corrected chi connectivity index (χ4v) is 6.78. The highest BCUT2D eigenvalue weighted by Crippen LogP contribution is 2.50. The summed E-state index contributed by atoms with van der Waals surface area (Å²) < 4.78 is 60.7. The van der Waals surface area contributed by atoms with Crippen molar-refractivity contribution in [3.63, 3.8) is 0 Å². The van der Waals surface area contributed by atoms with E-state index in [1.807, 2.05) is 120 Å². The molecule has 1 aliphatic carbocycles. The molecular weight excluding hydrogens is 496 g/mol. The molecule has 0 saturated carbocycles. The van der Waals surface area contributed by atoms with Crippen LogP contribution in [0.3, 0.4) is 0 Å². The van der Waals surface area contributed by atoms with Crippen molar-refractivity contribution in [1.82, 2.24) is 9.13 Å². The number of hydrogen-bond donors (Lipinski definition) is 0. The lowest BCUT2D eigenvalue weighted by atomic mass is 9.82. The summed E-state index contributed by atoms with van der Waals surface area (Å²) >= 11 is 0. The third-order valence-electron chi connectivity index (χ3n) is 8.71. The normalized spacial score (nSPS) is 15.9. The number of fused-ring (bicyclic) bond motifs is 9. The second-order valence-electron chi connectivity index (χ2n) is 11.3. The minimum absolute atomic E-state index is 0.0949. The zero-order valence-corrected chi connectivity index (χ0v) is 22.6. The van der Waals surface area contributed by atoms with Crippen LogP contribution < -0.4 is 0 Å². The number of nitrogens with zero attached hydrogens (tertiary/aromatic N) is 2. The van der Waals surface area contributed by atoms with Crippen molar-refractivity contribution in [3.05, 3.63) is 144 Å². The van der Waals surface area contributed by atoms with Gasteiger partial charge < -0.3 is 9.13 Å². The van der Waals surface area contributed by atoms with Gasteiger partial charge in [-0.1, -0.05) is 98.7 Å². The smallest absolute Gasteiger partial charge is 0.0648 e. The largest absolute Gasteiger partial charge is 0.309 e. The molecule has 2 heterocycles. The maximum atomic E-state index is 9.73. The van der Waals surface area contributed by atoms with Crippen molar-refractivity contribution < 1.29 is 8.22 Å². The molecule has 0 fully saturated rings. The second-order valence-corrected chi connectivity index (χ2v) is 11.3. The molecule has 0 spiro atoms. The fraction of sp³-hybridized carbons (Fsp3) is 0.0769. The summed E-state index contributed by atoms with van der Waals surface area (Å²) in [6.07, 6.45) is 0. The molecule has 2 heteroatoms. The minimum atomic E-state index is -0.965.